The van der Waals surface area contributed by atoms with E-state index in [9.17, 15) is 0 Å². The van der Waals surface area contributed by atoms with E-state index in [0.29, 0.717) is 12.1 Å². The summed E-state index contributed by atoms with van der Waals surface area (Å²) in [5.41, 5.74) is 3.72. The highest BCUT2D eigenvalue weighted by molar-refractivity contribution is 7.99. The summed E-state index contributed by atoms with van der Waals surface area (Å²) < 4.78 is 0. The monoisotopic (exact) mass is 461 g/mol. The van der Waals surface area contributed by atoms with Crippen LogP contribution in [-0.4, -0.2) is 35.7 Å². The summed E-state index contributed by atoms with van der Waals surface area (Å²) in [6.45, 7) is 10.0. The van der Waals surface area contributed by atoms with E-state index in [-0.39, 0.29) is 12.4 Å². The van der Waals surface area contributed by atoms with Crippen molar-refractivity contribution in [2.24, 2.45) is 5.92 Å². The van der Waals surface area contributed by atoms with Crippen LogP contribution in [0.4, 0.5) is 11.4 Å². The predicted molar refractivity (Wildman–Crippen MR) is 136 cm³/mol. The number of halogens is 1. The van der Waals surface area contributed by atoms with Gasteiger partial charge in [-0.2, -0.15) is 0 Å². The Bertz CT molecular complexity index is 881. The third-order valence-electron chi connectivity index (χ3n) is 5.72. The Labute approximate surface area is 197 Å². The number of hydrogen-bond donors (Lipinski definition) is 1. The molecule has 2 aromatic rings. The number of fused-ring (bicyclic) bond motifs is 2. The van der Waals surface area contributed by atoms with Gasteiger partial charge in [0.2, 0.25) is 0 Å². The van der Waals surface area contributed by atoms with Gasteiger partial charge in [0.15, 0.2) is 0 Å². The van der Waals surface area contributed by atoms with Gasteiger partial charge >= 0.3 is 0 Å². The summed E-state index contributed by atoms with van der Waals surface area (Å²) in [6, 6.07) is 15.5. The molecule has 30 heavy (non-hydrogen) atoms. The lowest BCUT2D eigenvalue weighted by Gasteiger charge is -2.42. The van der Waals surface area contributed by atoms with Gasteiger partial charge in [-0.1, -0.05) is 63.0 Å². The molecule has 6 heteroatoms. The largest absolute Gasteiger partial charge is 0.376 e. The molecule has 1 fully saturated rings. The van der Waals surface area contributed by atoms with Crippen LogP contribution in [-0.2, 0) is 0 Å². The molecule has 0 bridgehead atoms. The maximum atomic E-state index is 5.71. The lowest BCUT2D eigenvalue weighted by molar-refractivity contribution is 0.239. The number of nitrogens with one attached hydrogen (secondary N) is 1. The Morgan fingerprint density at radius 3 is 2.47 bits per heavy atom. The van der Waals surface area contributed by atoms with E-state index in [1.54, 1.807) is 0 Å². The number of thiocarbonyl (C=S) groups is 1. The smallest absolute Gasteiger partial charge is 0.106 e. The molecular weight excluding hydrogens is 430 g/mol. The Morgan fingerprint density at radius 2 is 1.77 bits per heavy atom. The third kappa shape index (κ3) is 4.80. The molecule has 0 saturated carbocycles. The van der Waals surface area contributed by atoms with E-state index in [0.717, 1.165) is 23.5 Å². The van der Waals surface area contributed by atoms with Crippen LogP contribution in [0.15, 0.2) is 52.3 Å². The number of para-hydroxylation sites is 1. The van der Waals surface area contributed by atoms with Crippen molar-refractivity contribution in [3.8, 4) is 0 Å². The Kier molecular flexibility index (Phi) is 8.08. The fourth-order valence-corrected chi connectivity index (χ4v) is 5.55. The molecule has 0 aromatic heterocycles. The third-order valence-corrected chi connectivity index (χ3v) is 7.23. The van der Waals surface area contributed by atoms with Gasteiger partial charge in [0.1, 0.15) is 4.99 Å². The summed E-state index contributed by atoms with van der Waals surface area (Å²) in [7, 11) is 0. The molecule has 0 spiro atoms. The van der Waals surface area contributed by atoms with Gasteiger partial charge in [-0.25, -0.2) is 0 Å². The Morgan fingerprint density at radius 1 is 1.07 bits per heavy atom. The van der Waals surface area contributed by atoms with Crippen LogP contribution in [0.1, 0.15) is 45.6 Å². The summed E-state index contributed by atoms with van der Waals surface area (Å²) >= 11 is 7.59. The van der Waals surface area contributed by atoms with Crippen LogP contribution in [0.5, 0.6) is 0 Å². The van der Waals surface area contributed by atoms with E-state index < -0.39 is 0 Å². The molecule has 1 saturated heterocycles. The highest BCUT2D eigenvalue weighted by atomic mass is 35.5. The van der Waals surface area contributed by atoms with E-state index in [1.807, 2.05) is 11.8 Å². The molecule has 1 N–H and O–H groups in total. The van der Waals surface area contributed by atoms with Crippen LogP contribution in [0, 0.1) is 5.92 Å². The molecule has 2 aliphatic rings. The summed E-state index contributed by atoms with van der Waals surface area (Å²) in [5.74, 6) is 0.573. The number of rotatable bonds is 6. The van der Waals surface area contributed by atoms with Crippen molar-refractivity contribution in [3.63, 3.8) is 0 Å². The molecule has 2 aliphatic heterocycles. The number of likely N-dealkylation sites (tertiary alicyclic amines) is 1. The fraction of sp³-hybridized carbons (Fsp3) is 0.458. The molecule has 0 aliphatic carbocycles. The van der Waals surface area contributed by atoms with Crippen molar-refractivity contribution in [2.75, 3.05) is 24.5 Å². The fourth-order valence-electron chi connectivity index (χ4n) is 4.29. The van der Waals surface area contributed by atoms with Crippen LogP contribution < -0.4 is 10.2 Å². The molecule has 1 unspecified atom stereocenters. The van der Waals surface area contributed by atoms with Crippen molar-refractivity contribution >= 4 is 52.8 Å². The first-order valence-electron chi connectivity index (χ1n) is 10.8. The van der Waals surface area contributed by atoms with E-state index >= 15 is 0 Å². The molecule has 0 radical (unpaired) electrons. The topological polar surface area (TPSA) is 18.5 Å². The SMILES string of the molecule is CCC(N1CCCC1)N1c2ccccc2Sc2ccc(C(=S)NCC(C)C)cc21.Cl. The second-order valence-corrected chi connectivity index (χ2v) is 9.85. The summed E-state index contributed by atoms with van der Waals surface area (Å²) in [5, 5.41) is 3.43. The minimum Gasteiger partial charge on any atom is -0.376 e. The van der Waals surface area contributed by atoms with Crippen molar-refractivity contribution in [3.05, 3.63) is 48.0 Å². The molecule has 0 amide bonds. The van der Waals surface area contributed by atoms with Crippen molar-refractivity contribution in [1.82, 2.24) is 10.2 Å². The van der Waals surface area contributed by atoms with Gasteiger partial charge in [0.05, 0.1) is 17.5 Å². The van der Waals surface area contributed by atoms with Gasteiger partial charge in [-0.15, -0.1) is 12.4 Å². The van der Waals surface area contributed by atoms with E-state index in [1.165, 1.54) is 47.1 Å². The first-order chi connectivity index (χ1) is 14.1. The number of benzene rings is 2. The zero-order chi connectivity index (χ0) is 20.4. The quantitative estimate of drug-likeness (QED) is 0.495. The van der Waals surface area contributed by atoms with Crippen LogP contribution >= 0.6 is 36.4 Å². The normalized spacial score (nSPS) is 16.6. The molecule has 2 heterocycles. The molecule has 2 aromatic carbocycles. The molecule has 4 rings (SSSR count). The maximum Gasteiger partial charge on any atom is 0.106 e. The maximum absolute atomic E-state index is 5.71. The number of anilines is 2. The first-order valence-corrected chi connectivity index (χ1v) is 12.0. The number of nitrogens with zero attached hydrogens (tertiary/aromatic N) is 2. The van der Waals surface area contributed by atoms with Gasteiger partial charge < -0.3 is 10.2 Å². The van der Waals surface area contributed by atoms with Crippen molar-refractivity contribution in [1.29, 1.82) is 0 Å². The van der Waals surface area contributed by atoms with Crippen molar-refractivity contribution in [2.45, 2.75) is 56.0 Å². The average molecular weight is 462 g/mol. The van der Waals surface area contributed by atoms with Crippen LogP contribution in [0.2, 0.25) is 0 Å². The standard InChI is InChI=1S/C24H31N3S2.ClH/c1-4-23(26-13-7-8-14-26)27-19-9-5-6-10-21(19)29-22-12-11-18(15-20(22)27)24(28)25-16-17(2)3;/h5-6,9-12,15,17,23H,4,7-8,13-14,16H2,1-3H3,(H,25,28);1H. The van der Waals surface area contributed by atoms with E-state index in [4.69, 9.17) is 12.2 Å². The van der Waals surface area contributed by atoms with Gasteiger partial charge in [0, 0.05) is 35.0 Å². The minimum absolute atomic E-state index is 0. The predicted octanol–water partition coefficient (Wildman–Crippen LogP) is 6.46. The van der Waals surface area contributed by atoms with Crippen LogP contribution in [0.3, 0.4) is 0 Å². The highest BCUT2D eigenvalue weighted by Crippen LogP contribution is 2.50. The molecule has 162 valence electrons. The Hall–Kier alpha value is -1.27. The highest BCUT2D eigenvalue weighted by Gasteiger charge is 2.33. The average Bonchev–Trinajstić information content (AvgIpc) is 3.26. The Balaban J connectivity index is 0.00000256. The molecule has 1 atom stereocenters. The molecular formula is C24H32ClN3S2. The zero-order valence-electron chi connectivity index (χ0n) is 18.1. The molecule has 3 nitrogen and oxygen atoms in total. The van der Waals surface area contributed by atoms with Crippen molar-refractivity contribution < 1.29 is 0 Å². The number of hydrogen-bond acceptors (Lipinski definition) is 4. The van der Waals surface area contributed by atoms with Gasteiger partial charge in [-0.05, 0) is 49.4 Å². The van der Waals surface area contributed by atoms with Gasteiger partial charge in [0.25, 0.3) is 0 Å². The lowest BCUT2D eigenvalue weighted by atomic mass is 10.1. The minimum atomic E-state index is 0. The second-order valence-electron chi connectivity index (χ2n) is 8.36. The summed E-state index contributed by atoms with van der Waals surface area (Å²) in [6.07, 6.45) is 4.08. The zero-order valence-corrected chi connectivity index (χ0v) is 20.5. The van der Waals surface area contributed by atoms with E-state index in [2.05, 4.69) is 78.4 Å². The van der Waals surface area contributed by atoms with Gasteiger partial charge in [-0.3, -0.25) is 4.90 Å². The second kappa shape index (κ2) is 10.4. The van der Waals surface area contributed by atoms with Crippen LogP contribution in [0.25, 0.3) is 0 Å². The summed E-state index contributed by atoms with van der Waals surface area (Å²) in [4.78, 5) is 8.72. The first kappa shape index (κ1) is 23.4. The lowest BCUT2D eigenvalue weighted by Crippen LogP contribution is -2.45.